The van der Waals surface area contributed by atoms with Crippen LogP contribution in [0.25, 0.3) is 0 Å². The Morgan fingerprint density at radius 3 is 2.19 bits per heavy atom. The second-order valence-corrected chi connectivity index (χ2v) is 4.48. The Morgan fingerprint density at radius 1 is 1.31 bits per heavy atom. The van der Waals surface area contributed by atoms with Crippen LogP contribution in [0.2, 0.25) is 0 Å². The second-order valence-electron chi connectivity index (χ2n) is 4.48. The van der Waals surface area contributed by atoms with E-state index in [4.69, 9.17) is 0 Å². The molecule has 2 atom stereocenters. The summed E-state index contributed by atoms with van der Waals surface area (Å²) in [6.07, 6.45) is 0. The van der Waals surface area contributed by atoms with Gasteiger partial charge in [-0.05, 0) is 26.6 Å². The molecule has 1 rings (SSSR count). The minimum atomic E-state index is -0.888. The van der Waals surface area contributed by atoms with Gasteiger partial charge in [0.15, 0.2) is 0 Å². The van der Waals surface area contributed by atoms with Crippen LogP contribution in [0.5, 0.6) is 0 Å². The van der Waals surface area contributed by atoms with E-state index in [2.05, 4.69) is 0 Å². The van der Waals surface area contributed by atoms with Crippen molar-refractivity contribution >= 4 is 5.97 Å². The lowest BCUT2D eigenvalue weighted by molar-refractivity contribution is -0.150. The van der Waals surface area contributed by atoms with Crippen LogP contribution < -0.4 is 0 Å². The Hall–Kier alpha value is -1.35. The molecule has 1 aromatic rings. The maximum atomic E-state index is 11.4. The number of carbonyl (C=O) groups is 1. The van der Waals surface area contributed by atoms with E-state index in [1.54, 1.807) is 25.9 Å². The van der Waals surface area contributed by atoms with E-state index < -0.39 is 11.5 Å². The summed E-state index contributed by atoms with van der Waals surface area (Å²) in [5, 5.41) is 9.39. The number of rotatable bonds is 4. The highest BCUT2D eigenvalue weighted by molar-refractivity contribution is 5.79. The fraction of sp³-hybridized carbons (Fsp3) is 0.462. The Morgan fingerprint density at radius 2 is 1.81 bits per heavy atom. The molecule has 1 N–H and O–H groups in total. The smallest absolute Gasteiger partial charge is 0.324 e. The van der Waals surface area contributed by atoms with Crippen LogP contribution in [0.4, 0.5) is 0 Å². The minimum Gasteiger partial charge on any atom is -0.480 e. The van der Waals surface area contributed by atoms with Crippen molar-refractivity contribution in [1.29, 1.82) is 0 Å². The van der Waals surface area contributed by atoms with Crippen LogP contribution in [0, 0.1) is 0 Å². The molecular formula is C13H19NO2. The van der Waals surface area contributed by atoms with Crippen molar-refractivity contribution in [3.8, 4) is 0 Å². The number of benzene rings is 1. The molecule has 88 valence electrons. The first-order chi connectivity index (χ1) is 7.40. The first kappa shape index (κ1) is 12.7. The van der Waals surface area contributed by atoms with Gasteiger partial charge in [-0.15, -0.1) is 0 Å². The minimum absolute atomic E-state index is 0.0683. The van der Waals surface area contributed by atoms with Gasteiger partial charge in [-0.3, -0.25) is 9.69 Å². The van der Waals surface area contributed by atoms with E-state index in [0.717, 1.165) is 5.56 Å². The number of hydrogen-bond acceptors (Lipinski definition) is 2. The average Bonchev–Trinajstić information content (AvgIpc) is 2.27. The summed E-state index contributed by atoms with van der Waals surface area (Å²) in [7, 11) is 3.60. The van der Waals surface area contributed by atoms with E-state index in [1.807, 2.05) is 37.3 Å². The number of carboxylic acids is 1. The molecule has 1 aromatic carbocycles. The Bertz CT molecular complexity index is 361. The molecule has 1 unspecified atom stereocenters. The largest absolute Gasteiger partial charge is 0.480 e. The normalized spacial score (nSPS) is 16.8. The van der Waals surface area contributed by atoms with Crippen molar-refractivity contribution in [3.63, 3.8) is 0 Å². The van der Waals surface area contributed by atoms with Crippen molar-refractivity contribution in [2.45, 2.75) is 25.3 Å². The van der Waals surface area contributed by atoms with Crippen molar-refractivity contribution < 1.29 is 9.90 Å². The topological polar surface area (TPSA) is 40.5 Å². The number of carboxylic acid groups (broad SMARTS) is 1. The SMILES string of the molecule is CC(c1ccccc1)[C@@](C)(C(=O)O)N(C)C. The lowest BCUT2D eigenvalue weighted by Crippen LogP contribution is -2.52. The van der Waals surface area contributed by atoms with Crippen molar-refractivity contribution in [2.75, 3.05) is 14.1 Å². The quantitative estimate of drug-likeness (QED) is 0.847. The molecule has 3 heteroatoms. The van der Waals surface area contributed by atoms with Gasteiger partial charge in [0.2, 0.25) is 0 Å². The summed E-state index contributed by atoms with van der Waals surface area (Å²) in [4.78, 5) is 13.2. The van der Waals surface area contributed by atoms with Crippen LogP contribution in [-0.2, 0) is 4.79 Å². The lowest BCUT2D eigenvalue weighted by Gasteiger charge is -2.37. The number of likely N-dealkylation sites (N-methyl/N-ethyl adjacent to an activating group) is 1. The Labute approximate surface area is 96.7 Å². The second kappa shape index (κ2) is 4.66. The molecule has 0 aromatic heterocycles. The van der Waals surface area contributed by atoms with Crippen molar-refractivity contribution in [2.24, 2.45) is 0 Å². The molecule has 0 saturated carbocycles. The Kier molecular flexibility index (Phi) is 3.70. The molecule has 0 spiro atoms. The summed E-state index contributed by atoms with van der Waals surface area (Å²) < 4.78 is 0. The van der Waals surface area contributed by atoms with Crippen LogP contribution in [0.15, 0.2) is 30.3 Å². The van der Waals surface area contributed by atoms with Crippen molar-refractivity contribution in [1.82, 2.24) is 4.90 Å². The first-order valence-corrected chi connectivity index (χ1v) is 5.36. The zero-order valence-electron chi connectivity index (χ0n) is 10.3. The summed E-state index contributed by atoms with van der Waals surface area (Å²) >= 11 is 0. The molecule has 0 amide bonds. The van der Waals surface area contributed by atoms with E-state index in [9.17, 15) is 9.90 Å². The highest BCUT2D eigenvalue weighted by atomic mass is 16.4. The van der Waals surface area contributed by atoms with Gasteiger partial charge in [0.25, 0.3) is 0 Å². The molecule has 0 fully saturated rings. The summed E-state index contributed by atoms with van der Waals surface area (Å²) in [5.41, 5.74) is 0.155. The van der Waals surface area contributed by atoms with Crippen LogP contribution in [0.3, 0.4) is 0 Å². The van der Waals surface area contributed by atoms with Gasteiger partial charge < -0.3 is 5.11 Å². The first-order valence-electron chi connectivity index (χ1n) is 5.36. The lowest BCUT2D eigenvalue weighted by atomic mass is 9.81. The standard InChI is InChI=1S/C13H19NO2/c1-10(11-8-6-5-7-9-11)13(2,12(15)16)14(3)4/h5-10H,1-4H3,(H,15,16)/t10?,13-/m0/s1. The molecule has 0 saturated heterocycles. The van der Waals surface area contributed by atoms with Gasteiger partial charge in [0.05, 0.1) is 0 Å². The molecule has 0 radical (unpaired) electrons. The average molecular weight is 221 g/mol. The predicted octanol–water partition coefficient (Wildman–Crippen LogP) is 2.20. The monoisotopic (exact) mass is 221 g/mol. The third-order valence-corrected chi connectivity index (χ3v) is 3.50. The van der Waals surface area contributed by atoms with Crippen LogP contribution in [-0.4, -0.2) is 35.6 Å². The zero-order chi connectivity index (χ0) is 12.3. The van der Waals surface area contributed by atoms with Crippen LogP contribution in [0.1, 0.15) is 25.3 Å². The molecule has 0 aliphatic rings. The number of nitrogens with zero attached hydrogens (tertiary/aromatic N) is 1. The van der Waals surface area contributed by atoms with Gasteiger partial charge >= 0.3 is 5.97 Å². The van der Waals surface area contributed by atoms with Gasteiger partial charge in [0, 0.05) is 5.92 Å². The molecule has 0 aliphatic heterocycles. The molecule has 3 nitrogen and oxygen atoms in total. The van der Waals surface area contributed by atoms with E-state index in [-0.39, 0.29) is 5.92 Å². The molecule has 16 heavy (non-hydrogen) atoms. The van der Waals surface area contributed by atoms with Gasteiger partial charge in [-0.2, -0.15) is 0 Å². The van der Waals surface area contributed by atoms with Crippen molar-refractivity contribution in [3.05, 3.63) is 35.9 Å². The number of aliphatic carboxylic acids is 1. The summed E-state index contributed by atoms with van der Waals surface area (Å²) in [6, 6.07) is 9.74. The third kappa shape index (κ3) is 2.09. The predicted molar refractivity (Wildman–Crippen MR) is 64.6 cm³/mol. The fourth-order valence-corrected chi connectivity index (χ4v) is 1.83. The highest BCUT2D eigenvalue weighted by Gasteiger charge is 2.41. The van der Waals surface area contributed by atoms with E-state index in [1.165, 1.54) is 0 Å². The third-order valence-electron chi connectivity index (χ3n) is 3.50. The van der Waals surface area contributed by atoms with E-state index >= 15 is 0 Å². The molecule has 0 aliphatic carbocycles. The maximum Gasteiger partial charge on any atom is 0.324 e. The fourth-order valence-electron chi connectivity index (χ4n) is 1.83. The maximum absolute atomic E-state index is 11.4. The van der Waals surface area contributed by atoms with Gasteiger partial charge in [-0.1, -0.05) is 37.3 Å². The number of hydrogen-bond donors (Lipinski definition) is 1. The zero-order valence-corrected chi connectivity index (χ0v) is 10.3. The molecule has 0 heterocycles. The van der Waals surface area contributed by atoms with E-state index in [0.29, 0.717) is 0 Å². The van der Waals surface area contributed by atoms with Crippen LogP contribution >= 0.6 is 0 Å². The molecule has 0 bridgehead atoms. The summed E-state index contributed by atoms with van der Waals surface area (Å²) in [5.74, 6) is -0.866. The van der Waals surface area contributed by atoms with Gasteiger partial charge in [0.1, 0.15) is 5.54 Å². The Balaban J connectivity index is 3.11. The summed E-state index contributed by atoms with van der Waals surface area (Å²) in [6.45, 7) is 3.70. The molecular weight excluding hydrogens is 202 g/mol. The van der Waals surface area contributed by atoms with Gasteiger partial charge in [-0.25, -0.2) is 0 Å². The highest BCUT2D eigenvalue weighted by Crippen LogP contribution is 2.31.